The zero-order valence-corrected chi connectivity index (χ0v) is 11.1. The lowest BCUT2D eigenvalue weighted by Crippen LogP contribution is -2.29. The van der Waals surface area contributed by atoms with Crippen LogP contribution in [0.5, 0.6) is 0 Å². The maximum atomic E-state index is 8.92. The lowest BCUT2D eigenvalue weighted by molar-refractivity contribution is 0.175. The molecule has 0 aromatic heterocycles. The van der Waals surface area contributed by atoms with E-state index in [4.69, 9.17) is 14.9 Å². The summed E-state index contributed by atoms with van der Waals surface area (Å²) < 4.78 is 0. The summed E-state index contributed by atoms with van der Waals surface area (Å²) in [5, 5.41) is 21.7. The van der Waals surface area contributed by atoms with E-state index in [-0.39, 0.29) is 0 Å². The molecule has 0 aliphatic carbocycles. The van der Waals surface area contributed by atoms with Crippen LogP contribution in [0, 0.1) is 0 Å². The standard InChI is InChI=1S/C11H14BNO3.C2H6/c1-3-8-16-13-9(2)10-4-6-11(7-5-10)12(14)15;1-2/h3-7,14-15H,1,8H2,2H3;1-2H3/b13-9+;. The first-order valence-electron chi connectivity index (χ1n) is 5.89. The van der Waals surface area contributed by atoms with E-state index in [0.717, 1.165) is 11.3 Å². The Morgan fingerprint density at radius 2 is 1.89 bits per heavy atom. The first kappa shape index (κ1) is 16.4. The van der Waals surface area contributed by atoms with Crippen LogP contribution in [0.2, 0.25) is 0 Å². The van der Waals surface area contributed by atoms with Crippen molar-refractivity contribution in [3.8, 4) is 0 Å². The molecule has 0 aliphatic heterocycles. The van der Waals surface area contributed by atoms with E-state index in [2.05, 4.69) is 11.7 Å². The molecule has 1 rings (SSSR count). The van der Waals surface area contributed by atoms with Crippen molar-refractivity contribution in [2.45, 2.75) is 20.8 Å². The van der Waals surface area contributed by atoms with Crippen molar-refractivity contribution in [2.24, 2.45) is 5.16 Å². The Balaban J connectivity index is 0.00000137. The van der Waals surface area contributed by atoms with Crippen molar-refractivity contribution in [2.75, 3.05) is 6.61 Å². The maximum Gasteiger partial charge on any atom is 0.488 e. The lowest BCUT2D eigenvalue weighted by atomic mass is 9.80. The van der Waals surface area contributed by atoms with Gasteiger partial charge in [-0.2, -0.15) is 0 Å². The molecule has 0 bridgehead atoms. The zero-order chi connectivity index (χ0) is 14.0. The lowest BCUT2D eigenvalue weighted by Gasteiger charge is -2.03. The zero-order valence-electron chi connectivity index (χ0n) is 11.1. The van der Waals surface area contributed by atoms with Crippen molar-refractivity contribution in [1.82, 2.24) is 0 Å². The molecule has 0 atom stereocenters. The molecule has 1 aromatic carbocycles. The summed E-state index contributed by atoms with van der Waals surface area (Å²) in [6, 6.07) is 6.77. The van der Waals surface area contributed by atoms with Crippen molar-refractivity contribution in [1.29, 1.82) is 0 Å². The highest BCUT2D eigenvalue weighted by Crippen LogP contribution is 2.00. The van der Waals surface area contributed by atoms with Crippen LogP contribution >= 0.6 is 0 Å². The van der Waals surface area contributed by atoms with Gasteiger partial charge in [0.1, 0.15) is 6.61 Å². The molecule has 1 aromatic rings. The number of benzene rings is 1. The SMILES string of the molecule is C=CCO/N=C(\C)c1ccc(B(O)O)cc1.CC. The average Bonchev–Trinajstić information content (AvgIpc) is 2.41. The van der Waals surface area contributed by atoms with Gasteiger partial charge in [0.05, 0.1) is 5.71 Å². The van der Waals surface area contributed by atoms with Gasteiger partial charge in [-0.05, 0) is 17.9 Å². The van der Waals surface area contributed by atoms with Gasteiger partial charge in [0, 0.05) is 0 Å². The number of oxime groups is 1. The summed E-state index contributed by atoms with van der Waals surface area (Å²) in [6.07, 6.45) is 1.61. The van der Waals surface area contributed by atoms with Crippen LogP contribution in [0.3, 0.4) is 0 Å². The summed E-state index contributed by atoms with van der Waals surface area (Å²) in [6.45, 7) is 9.69. The van der Waals surface area contributed by atoms with Crippen LogP contribution in [0.15, 0.2) is 42.1 Å². The molecule has 0 saturated heterocycles. The second-order valence-electron chi connectivity index (χ2n) is 3.26. The first-order valence-corrected chi connectivity index (χ1v) is 5.89. The van der Waals surface area contributed by atoms with Gasteiger partial charge in [0.15, 0.2) is 0 Å². The minimum absolute atomic E-state index is 0.366. The van der Waals surface area contributed by atoms with Crippen molar-refractivity contribution in [3.05, 3.63) is 42.5 Å². The summed E-state index contributed by atoms with van der Waals surface area (Å²) in [4.78, 5) is 4.95. The predicted molar refractivity (Wildman–Crippen MR) is 76.0 cm³/mol. The Bertz CT molecular complexity index is 374. The van der Waals surface area contributed by atoms with Gasteiger partial charge < -0.3 is 14.9 Å². The normalized spacial score (nSPS) is 10.2. The molecule has 0 radical (unpaired) electrons. The number of rotatable bonds is 5. The monoisotopic (exact) mass is 249 g/mol. The van der Waals surface area contributed by atoms with E-state index in [1.807, 2.05) is 20.8 Å². The minimum atomic E-state index is -1.44. The highest BCUT2D eigenvalue weighted by atomic mass is 16.6. The molecule has 0 unspecified atom stereocenters. The fourth-order valence-corrected chi connectivity index (χ4v) is 1.14. The first-order chi connectivity index (χ1) is 8.65. The molecule has 0 amide bonds. The predicted octanol–water partition coefficient (Wildman–Crippen LogP) is 1.32. The number of nitrogens with zero attached hydrogens (tertiary/aromatic N) is 1. The Kier molecular flexibility index (Phi) is 8.61. The van der Waals surface area contributed by atoms with Gasteiger partial charge in [-0.25, -0.2) is 0 Å². The van der Waals surface area contributed by atoms with E-state index in [0.29, 0.717) is 12.1 Å². The second kappa shape index (κ2) is 9.45. The molecular formula is C13H20BNO3. The van der Waals surface area contributed by atoms with E-state index in [1.165, 1.54) is 0 Å². The Morgan fingerprint density at radius 3 is 2.33 bits per heavy atom. The van der Waals surface area contributed by atoms with Crippen LogP contribution in [0.4, 0.5) is 0 Å². The van der Waals surface area contributed by atoms with Gasteiger partial charge in [0.25, 0.3) is 0 Å². The van der Waals surface area contributed by atoms with Crippen LogP contribution in [-0.2, 0) is 4.84 Å². The molecule has 0 fully saturated rings. The summed E-state index contributed by atoms with van der Waals surface area (Å²) in [7, 11) is -1.44. The van der Waals surface area contributed by atoms with Crippen molar-refractivity contribution < 1.29 is 14.9 Å². The van der Waals surface area contributed by atoms with E-state index in [1.54, 1.807) is 30.3 Å². The third-order valence-corrected chi connectivity index (χ3v) is 2.02. The highest BCUT2D eigenvalue weighted by molar-refractivity contribution is 6.58. The van der Waals surface area contributed by atoms with Gasteiger partial charge in [-0.1, -0.05) is 55.9 Å². The molecule has 0 saturated carbocycles. The van der Waals surface area contributed by atoms with Crippen LogP contribution in [0.25, 0.3) is 0 Å². The Hall–Kier alpha value is -1.59. The number of hydrogen-bond acceptors (Lipinski definition) is 4. The third-order valence-electron chi connectivity index (χ3n) is 2.02. The Morgan fingerprint density at radius 1 is 1.33 bits per heavy atom. The van der Waals surface area contributed by atoms with E-state index in [9.17, 15) is 0 Å². The molecule has 5 heteroatoms. The summed E-state index contributed by atoms with van der Waals surface area (Å²) in [5.41, 5.74) is 2.04. The second-order valence-corrected chi connectivity index (χ2v) is 3.26. The maximum absolute atomic E-state index is 8.92. The van der Waals surface area contributed by atoms with E-state index < -0.39 is 7.12 Å². The van der Waals surface area contributed by atoms with Crippen molar-refractivity contribution >= 4 is 18.3 Å². The fourth-order valence-electron chi connectivity index (χ4n) is 1.14. The molecule has 18 heavy (non-hydrogen) atoms. The van der Waals surface area contributed by atoms with Crippen LogP contribution in [-0.4, -0.2) is 29.5 Å². The average molecular weight is 249 g/mol. The van der Waals surface area contributed by atoms with Gasteiger partial charge >= 0.3 is 7.12 Å². The molecule has 0 spiro atoms. The van der Waals surface area contributed by atoms with Gasteiger partial charge in [0.2, 0.25) is 0 Å². The van der Waals surface area contributed by atoms with Crippen LogP contribution < -0.4 is 5.46 Å². The molecule has 0 heterocycles. The molecule has 0 aliphatic rings. The van der Waals surface area contributed by atoms with Gasteiger partial charge in [-0.3, -0.25) is 0 Å². The van der Waals surface area contributed by atoms with Crippen molar-refractivity contribution in [3.63, 3.8) is 0 Å². The molecule has 2 N–H and O–H groups in total. The van der Waals surface area contributed by atoms with E-state index >= 15 is 0 Å². The third kappa shape index (κ3) is 5.66. The topological polar surface area (TPSA) is 62.0 Å². The summed E-state index contributed by atoms with van der Waals surface area (Å²) in [5.74, 6) is 0. The molecular weight excluding hydrogens is 229 g/mol. The highest BCUT2D eigenvalue weighted by Gasteiger charge is 2.10. The van der Waals surface area contributed by atoms with Gasteiger partial charge in [-0.15, -0.1) is 0 Å². The molecule has 4 nitrogen and oxygen atoms in total. The Labute approximate surface area is 109 Å². The van der Waals surface area contributed by atoms with Crippen LogP contribution in [0.1, 0.15) is 26.3 Å². The largest absolute Gasteiger partial charge is 0.488 e. The fraction of sp³-hybridized carbons (Fsp3) is 0.308. The smallest absolute Gasteiger partial charge is 0.423 e. The quantitative estimate of drug-likeness (QED) is 0.272. The minimum Gasteiger partial charge on any atom is -0.423 e. The summed E-state index contributed by atoms with van der Waals surface area (Å²) >= 11 is 0. The molecule has 98 valence electrons. The number of hydrogen-bond donors (Lipinski definition) is 2.